The minimum Gasteiger partial charge on any atom is -0.394 e. The fraction of sp³-hybridized carbons (Fsp3) is 1.00. The van der Waals surface area contributed by atoms with Crippen molar-refractivity contribution < 1.29 is 44.5 Å². The van der Waals surface area contributed by atoms with Crippen LogP contribution < -0.4 is 5.73 Å². The van der Waals surface area contributed by atoms with Crippen molar-refractivity contribution in [3.63, 3.8) is 0 Å². The number of nitrogens with two attached hydrogens (primary N) is 1. The van der Waals surface area contributed by atoms with Gasteiger partial charge in [-0.3, -0.25) is 0 Å². The van der Waals surface area contributed by atoms with Gasteiger partial charge in [-0.25, -0.2) is 0 Å². The molecule has 2 saturated heterocycles. The zero-order valence-electron chi connectivity index (χ0n) is 13.6. The number of aliphatic hydroxyl groups is 5. The molecular formula is C14H27NO9. The summed E-state index contributed by atoms with van der Waals surface area (Å²) in [5.74, 6) is -0.408. The molecule has 7 N–H and O–H groups in total. The number of ether oxygens (including phenoxy) is 4. The Morgan fingerprint density at radius 3 is 2.04 bits per heavy atom. The molecule has 0 radical (unpaired) electrons. The smallest absolute Gasteiger partial charge is 0.186 e. The van der Waals surface area contributed by atoms with E-state index in [1.807, 2.05) is 0 Å². The Hall–Kier alpha value is -0.400. The Morgan fingerprint density at radius 2 is 1.50 bits per heavy atom. The van der Waals surface area contributed by atoms with Crippen LogP contribution >= 0.6 is 0 Å². The molecule has 0 amide bonds. The van der Waals surface area contributed by atoms with Crippen molar-refractivity contribution in [3.05, 3.63) is 0 Å². The lowest BCUT2D eigenvalue weighted by molar-refractivity contribution is -0.351. The molecule has 0 spiro atoms. The summed E-state index contributed by atoms with van der Waals surface area (Å²) in [7, 11) is 1.29. The number of rotatable bonds is 5. The van der Waals surface area contributed by atoms with Crippen molar-refractivity contribution in [1.29, 1.82) is 0 Å². The molecule has 2 aliphatic rings. The molecule has 2 fully saturated rings. The van der Waals surface area contributed by atoms with Crippen LogP contribution in [0.4, 0.5) is 0 Å². The molecule has 2 heterocycles. The van der Waals surface area contributed by atoms with E-state index in [0.29, 0.717) is 0 Å². The van der Waals surface area contributed by atoms with Gasteiger partial charge in [0.15, 0.2) is 12.6 Å². The molecule has 10 nitrogen and oxygen atoms in total. The topological polar surface area (TPSA) is 164 Å². The molecule has 0 bridgehead atoms. The second kappa shape index (κ2) is 8.32. The Labute approximate surface area is 139 Å². The van der Waals surface area contributed by atoms with E-state index in [4.69, 9.17) is 24.7 Å². The largest absolute Gasteiger partial charge is 0.394 e. The SMILES string of the molecule is CO[C@@H]1OC(CO)[C@H](O[C@@H]2OC(CN)[C@H](C)[C@H](O)C2O)[C@H](O)C1O. The number of hydrogen-bond acceptors (Lipinski definition) is 10. The van der Waals surface area contributed by atoms with Gasteiger partial charge in [-0.15, -0.1) is 0 Å². The van der Waals surface area contributed by atoms with Gasteiger partial charge in [-0.1, -0.05) is 6.92 Å². The van der Waals surface area contributed by atoms with Crippen LogP contribution in [0.5, 0.6) is 0 Å². The Kier molecular flexibility index (Phi) is 6.90. The minimum absolute atomic E-state index is 0.104. The highest BCUT2D eigenvalue weighted by Gasteiger charge is 2.49. The van der Waals surface area contributed by atoms with Gasteiger partial charge < -0.3 is 50.2 Å². The van der Waals surface area contributed by atoms with Crippen molar-refractivity contribution in [1.82, 2.24) is 0 Å². The maximum absolute atomic E-state index is 10.2. The first-order valence-electron chi connectivity index (χ1n) is 7.88. The summed E-state index contributed by atoms with van der Waals surface area (Å²) in [5.41, 5.74) is 5.59. The summed E-state index contributed by atoms with van der Waals surface area (Å²) in [6, 6.07) is 0. The molecule has 2 rings (SSSR count). The molecule has 142 valence electrons. The summed E-state index contributed by atoms with van der Waals surface area (Å²) in [6.45, 7) is 1.27. The van der Waals surface area contributed by atoms with E-state index in [1.54, 1.807) is 6.92 Å². The lowest BCUT2D eigenvalue weighted by Gasteiger charge is -2.46. The highest BCUT2D eigenvalue weighted by molar-refractivity contribution is 4.93. The average molecular weight is 353 g/mol. The van der Waals surface area contributed by atoms with Gasteiger partial charge in [-0.2, -0.15) is 0 Å². The highest BCUT2D eigenvalue weighted by Crippen LogP contribution is 2.30. The first-order chi connectivity index (χ1) is 11.3. The minimum atomic E-state index is -1.45. The van der Waals surface area contributed by atoms with Gasteiger partial charge in [-0.05, 0) is 0 Å². The molecule has 24 heavy (non-hydrogen) atoms. The maximum Gasteiger partial charge on any atom is 0.186 e. The first kappa shape index (κ1) is 19.9. The Balaban J connectivity index is 2.12. The van der Waals surface area contributed by atoms with Gasteiger partial charge in [0.25, 0.3) is 0 Å². The third-order valence-electron chi connectivity index (χ3n) is 4.64. The van der Waals surface area contributed by atoms with E-state index in [-0.39, 0.29) is 6.54 Å². The Bertz CT molecular complexity index is 396. The van der Waals surface area contributed by atoms with Crippen molar-refractivity contribution in [3.8, 4) is 0 Å². The van der Waals surface area contributed by atoms with Crippen molar-refractivity contribution >= 4 is 0 Å². The number of methoxy groups -OCH3 is 1. The fourth-order valence-corrected chi connectivity index (χ4v) is 3.02. The lowest BCUT2D eigenvalue weighted by Crippen LogP contribution is -2.63. The van der Waals surface area contributed by atoms with Crippen LogP contribution in [0.25, 0.3) is 0 Å². The summed E-state index contributed by atoms with van der Waals surface area (Å²) in [4.78, 5) is 0. The normalized spacial score (nSPS) is 50.0. The summed E-state index contributed by atoms with van der Waals surface area (Å²) < 4.78 is 21.3. The van der Waals surface area contributed by atoms with Crippen LogP contribution in [0.3, 0.4) is 0 Å². The van der Waals surface area contributed by atoms with E-state index in [1.165, 1.54) is 7.11 Å². The van der Waals surface area contributed by atoms with Crippen LogP contribution in [0, 0.1) is 5.92 Å². The second-order valence-electron chi connectivity index (χ2n) is 6.16. The molecule has 0 saturated carbocycles. The molecule has 2 aliphatic heterocycles. The zero-order chi connectivity index (χ0) is 18.0. The van der Waals surface area contributed by atoms with E-state index in [0.717, 1.165) is 0 Å². The third-order valence-corrected chi connectivity index (χ3v) is 4.64. The van der Waals surface area contributed by atoms with Crippen LogP contribution in [-0.2, 0) is 18.9 Å². The highest BCUT2D eigenvalue weighted by atomic mass is 16.7. The molecule has 10 heteroatoms. The van der Waals surface area contributed by atoms with Crippen LogP contribution in [0.15, 0.2) is 0 Å². The number of hydrogen-bond donors (Lipinski definition) is 6. The predicted octanol–water partition coefficient (Wildman–Crippen LogP) is -3.50. The Morgan fingerprint density at radius 1 is 0.917 bits per heavy atom. The van der Waals surface area contributed by atoms with Crippen LogP contribution in [0.1, 0.15) is 6.92 Å². The molecule has 0 aromatic heterocycles. The van der Waals surface area contributed by atoms with Crippen molar-refractivity contribution in [2.45, 2.75) is 62.2 Å². The van der Waals surface area contributed by atoms with Gasteiger partial charge >= 0.3 is 0 Å². The number of aliphatic hydroxyl groups excluding tert-OH is 5. The summed E-state index contributed by atoms with van der Waals surface area (Å²) in [6.07, 6.45) is -10.6. The van der Waals surface area contributed by atoms with Crippen molar-refractivity contribution in [2.24, 2.45) is 11.7 Å². The van der Waals surface area contributed by atoms with E-state index < -0.39 is 67.8 Å². The van der Waals surface area contributed by atoms with Crippen LogP contribution in [0.2, 0.25) is 0 Å². The van der Waals surface area contributed by atoms with Crippen molar-refractivity contribution in [2.75, 3.05) is 20.3 Å². The molecule has 10 atom stereocenters. The second-order valence-corrected chi connectivity index (χ2v) is 6.16. The van der Waals surface area contributed by atoms with E-state index in [9.17, 15) is 25.5 Å². The van der Waals surface area contributed by atoms with Gasteiger partial charge in [0.05, 0.1) is 18.8 Å². The molecule has 0 aromatic rings. The average Bonchev–Trinajstić information content (AvgIpc) is 2.59. The molecule has 4 unspecified atom stereocenters. The van der Waals surface area contributed by atoms with E-state index >= 15 is 0 Å². The third kappa shape index (κ3) is 3.73. The van der Waals surface area contributed by atoms with Gasteiger partial charge in [0.1, 0.15) is 30.5 Å². The monoisotopic (exact) mass is 353 g/mol. The predicted molar refractivity (Wildman–Crippen MR) is 78.5 cm³/mol. The fourth-order valence-electron chi connectivity index (χ4n) is 3.02. The van der Waals surface area contributed by atoms with Gasteiger partial charge in [0, 0.05) is 19.6 Å². The maximum atomic E-state index is 10.2. The van der Waals surface area contributed by atoms with E-state index in [2.05, 4.69) is 0 Å². The summed E-state index contributed by atoms with van der Waals surface area (Å²) in [5, 5.41) is 49.9. The standard InChI is InChI=1S/C14H27NO9/c1-5-6(3-15)22-14(10(19)8(5)17)24-12-7(4-16)23-13(21-2)11(20)9(12)18/h5-14,16-20H,3-4,15H2,1-2H3/t5-,6?,7?,8-,9+,10?,11?,12-,13+,14-/m0/s1. The molecular weight excluding hydrogens is 326 g/mol. The van der Waals surface area contributed by atoms with Crippen LogP contribution in [-0.4, -0.2) is 101 Å². The summed E-state index contributed by atoms with van der Waals surface area (Å²) >= 11 is 0. The molecule has 0 aromatic carbocycles. The first-order valence-corrected chi connectivity index (χ1v) is 7.88. The zero-order valence-corrected chi connectivity index (χ0v) is 13.6. The van der Waals surface area contributed by atoms with Gasteiger partial charge in [0.2, 0.25) is 0 Å². The molecule has 0 aliphatic carbocycles. The lowest BCUT2D eigenvalue weighted by atomic mass is 9.90. The quantitative estimate of drug-likeness (QED) is 0.292.